The van der Waals surface area contributed by atoms with Crippen LogP contribution in [-0.2, 0) is 25.6 Å². The van der Waals surface area contributed by atoms with Crippen LogP contribution >= 0.6 is 0 Å². The number of amides is 3. The zero-order chi connectivity index (χ0) is 29.1. The van der Waals surface area contributed by atoms with Crippen LogP contribution in [0.5, 0.6) is 5.75 Å². The summed E-state index contributed by atoms with van der Waals surface area (Å²) in [5.41, 5.74) is 8.27. The van der Waals surface area contributed by atoms with E-state index in [-0.39, 0.29) is 24.7 Å². The molecule has 0 saturated heterocycles. The molecule has 39 heavy (non-hydrogen) atoms. The molecule has 0 unspecified atom stereocenters. The van der Waals surface area contributed by atoms with Crippen LogP contribution in [0.2, 0.25) is 0 Å². The number of nitrogens with one attached hydrogen (secondary N) is 2. The number of rotatable bonds is 15. The van der Waals surface area contributed by atoms with Crippen LogP contribution in [0.1, 0.15) is 52.5 Å². The Labute approximate surface area is 230 Å². The molecule has 0 aliphatic rings. The zero-order valence-electron chi connectivity index (χ0n) is 23.4. The standard InChI is InChI=1S/C30H41N3O6/c1-18(2)14-23(17-27(34)35)29(37)33-26(30(38)32-25(28(31)36)15-19(3)4)16-20-6-8-21(9-7-20)22-10-12-24(39-5)13-11-22/h6-13,18-19,23,25-26H,14-17H2,1-5H3,(H2,31,36)(H,32,38)(H,33,37)(H,34,35)/t23-,25+,26+/m1/s1. The largest absolute Gasteiger partial charge is 0.497 e. The molecule has 0 fully saturated rings. The van der Waals surface area contributed by atoms with Gasteiger partial charge in [0.15, 0.2) is 0 Å². The molecule has 9 nitrogen and oxygen atoms in total. The van der Waals surface area contributed by atoms with E-state index in [1.165, 1.54) is 0 Å². The van der Waals surface area contributed by atoms with Gasteiger partial charge >= 0.3 is 5.97 Å². The van der Waals surface area contributed by atoms with E-state index in [4.69, 9.17) is 10.5 Å². The van der Waals surface area contributed by atoms with Crippen LogP contribution in [0, 0.1) is 17.8 Å². The van der Waals surface area contributed by atoms with Gasteiger partial charge in [0.1, 0.15) is 17.8 Å². The Morgan fingerprint density at radius 2 is 1.31 bits per heavy atom. The van der Waals surface area contributed by atoms with Crippen LogP contribution < -0.4 is 21.1 Å². The van der Waals surface area contributed by atoms with Crippen molar-refractivity contribution in [3.05, 3.63) is 54.1 Å². The van der Waals surface area contributed by atoms with E-state index in [0.29, 0.717) is 12.8 Å². The number of hydrogen-bond donors (Lipinski definition) is 4. The number of benzene rings is 2. The fraction of sp³-hybridized carbons (Fsp3) is 0.467. The minimum Gasteiger partial charge on any atom is -0.497 e. The Hall–Kier alpha value is -3.88. The quantitative estimate of drug-likeness (QED) is 0.272. The first-order valence-corrected chi connectivity index (χ1v) is 13.2. The molecule has 0 spiro atoms. The third kappa shape index (κ3) is 10.4. The van der Waals surface area contributed by atoms with Gasteiger partial charge in [-0.05, 0) is 53.5 Å². The van der Waals surface area contributed by atoms with E-state index in [1.54, 1.807) is 7.11 Å². The average Bonchev–Trinajstić information content (AvgIpc) is 2.87. The summed E-state index contributed by atoms with van der Waals surface area (Å²) in [6, 6.07) is 13.3. The van der Waals surface area contributed by atoms with Crippen molar-refractivity contribution in [3.8, 4) is 16.9 Å². The second-order valence-corrected chi connectivity index (χ2v) is 10.7. The fourth-order valence-corrected chi connectivity index (χ4v) is 4.40. The topological polar surface area (TPSA) is 148 Å². The lowest BCUT2D eigenvalue weighted by atomic mass is 9.92. The Morgan fingerprint density at radius 1 is 0.795 bits per heavy atom. The summed E-state index contributed by atoms with van der Waals surface area (Å²) in [4.78, 5) is 49.9. The maximum absolute atomic E-state index is 13.3. The molecule has 212 valence electrons. The molecule has 0 saturated carbocycles. The van der Waals surface area contributed by atoms with Crippen molar-refractivity contribution in [2.24, 2.45) is 23.5 Å². The molecule has 0 aromatic heterocycles. The summed E-state index contributed by atoms with van der Waals surface area (Å²) in [7, 11) is 1.61. The van der Waals surface area contributed by atoms with Gasteiger partial charge in [0.05, 0.1) is 13.5 Å². The van der Waals surface area contributed by atoms with E-state index in [1.807, 2.05) is 76.2 Å². The molecule has 0 radical (unpaired) electrons. The lowest BCUT2D eigenvalue weighted by molar-refractivity contribution is -0.142. The number of carboxylic acid groups (broad SMARTS) is 1. The highest BCUT2D eigenvalue weighted by Gasteiger charge is 2.30. The number of carbonyl (C=O) groups is 4. The third-order valence-corrected chi connectivity index (χ3v) is 6.36. The van der Waals surface area contributed by atoms with E-state index in [0.717, 1.165) is 22.4 Å². The number of primary amides is 1. The van der Waals surface area contributed by atoms with Crippen molar-refractivity contribution < 1.29 is 29.0 Å². The Balaban J connectivity index is 2.29. The maximum Gasteiger partial charge on any atom is 0.304 e. The Morgan fingerprint density at radius 3 is 1.77 bits per heavy atom. The predicted octanol–water partition coefficient (Wildman–Crippen LogP) is 3.54. The van der Waals surface area contributed by atoms with Crippen LogP contribution in [0.3, 0.4) is 0 Å². The summed E-state index contributed by atoms with van der Waals surface area (Å²) in [5, 5.41) is 14.8. The highest BCUT2D eigenvalue weighted by Crippen LogP contribution is 2.23. The zero-order valence-corrected chi connectivity index (χ0v) is 23.4. The van der Waals surface area contributed by atoms with Crippen molar-refractivity contribution in [2.45, 2.75) is 65.5 Å². The molecule has 2 aromatic carbocycles. The summed E-state index contributed by atoms with van der Waals surface area (Å²) >= 11 is 0. The molecular weight excluding hydrogens is 498 g/mol. The first-order chi connectivity index (χ1) is 18.4. The van der Waals surface area contributed by atoms with Crippen molar-refractivity contribution in [2.75, 3.05) is 7.11 Å². The maximum atomic E-state index is 13.3. The van der Waals surface area contributed by atoms with Gasteiger partial charge in [0.2, 0.25) is 17.7 Å². The number of nitrogens with two attached hydrogens (primary N) is 1. The van der Waals surface area contributed by atoms with E-state index in [9.17, 15) is 24.3 Å². The molecule has 2 aromatic rings. The number of methoxy groups -OCH3 is 1. The molecule has 0 bridgehead atoms. The average molecular weight is 540 g/mol. The van der Waals surface area contributed by atoms with Gasteiger partial charge in [-0.3, -0.25) is 19.2 Å². The Kier molecular flexibility index (Phi) is 12.0. The van der Waals surface area contributed by atoms with Gasteiger partial charge in [-0.15, -0.1) is 0 Å². The lowest BCUT2D eigenvalue weighted by Crippen LogP contribution is -2.54. The van der Waals surface area contributed by atoms with Gasteiger partial charge in [-0.1, -0.05) is 64.1 Å². The van der Waals surface area contributed by atoms with E-state index < -0.39 is 41.7 Å². The van der Waals surface area contributed by atoms with Gasteiger partial charge in [-0.25, -0.2) is 0 Å². The monoisotopic (exact) mass is 539 g/mol. The number of ether oxygens (including phenoxy) is 1. The number of carbonyl (C=O) groups excluding carboxylic acids is 3. The summed E-state index contributed by atoms with van der Waals surface area (Å²) in [6.07, 6.45) is 0.523. The Bertz CT molecular complexity index is 1110. The summed E-state index contributed by atoms with van der Waals surface area (Å²) in [6.45, 7) is 7.63. The van der Waals surface area contributed by atoms with Gasteiger partial charge in [0.25, 0.3) is 0 Å². The predicted molar refractivity (Wildman–Crippen MR) is 150 cm³/mol. The van der Waals surface area contributed by atoms with Crippen molar-refractivity contribution in [1.82, 2.24) is 10.6 Å². The second kappa shape index (κ2) is 14.9. The first-order valence-electron chi connectivity index (χ1n) is 13.2. The summed E-state index contributed by atoms with van der Waals surface area (Å²) < 4.78 is 5.21. The molecule has 5 N–H and O–H groups in total. The third-order valence-electron chi connectivity index (χ3n) is 6.36. The minimum atomic E-state index is -1.09. The fourth-order valence-electron chi connectivity index (χ4n) is 4.40. The smallest absolute Gasteiger partial charge is 0.304 e. The molecule has 0 aliphatic carbocycles. The minimum absolute atomic E-state index is 0.0863. The number of aliphatic carboxylic acids is 1. The van der Waals surface area contributed by atoms with Crippen LogP contribution in [0.25, 0.3) is 11.1 Å². The van der Waals surface area contributed by atoms with Crippen LogP contribution in [-0.4, -0.2) is 48.0 Å². The SMILES string of the molecule is COc1ccc(-c2ccc(C[C@H](NC(=O)[C@@H](CC(=O)O)CC(C)C)C(=O)N[C@@H](CC(C)C)C(N)=O)cc2)cc1. The normalized spacial score (nSPS) is 13.4. The van der Waals surface area contributed by atoms with Crippen molar-refractivity contribution >= 4 is 23.7 Å². The highest BCUT2D eigenvalue weighted by atomic mass is 16.5. The molecule has 0 aliphatic heterocycles. The van der Waals surface area contributed by atoms with Crippen molar-refractivity contribution in [3.63, 3.8) is 0 Å². The van der Waals surface area contributed by atoms with Crippen LogP contribution in [0.15, 0.2) is 48.5 Å². The first kappa shape index (κ1) is 31.3. The molecule has 2 rings (SSSR count). The van der Waals surface area contributed by atoms with E-state index >= 15 is 0 Å². The van der Waals surface area contributed by atoms with E-state index in [2.05, 4.69) is 10.6 Å². The molecule has 9 heteroatoms. The highest BCUT2D eigenvalue weighted by molar-refractivity contribution is 5.93. The number of carboxylic acids is 1. The van der Waals surface area contributed by atoms with Gasteiger partial charge in [-0.2, -0.15) is 0 Å². The second-order valence-electron chi connectivity index (χ2n) is 10.7. The van der Waals surface area contributed by atoms with Crippen LogP contribution in [0.4, 0.5) is 0 Å². The van der Waals surface area contributed by atoms with Gasteiger partial charge < -0.3 is 26.2 Å². The molecular formula is C30H41N3O6. The summed E-state index contributed by atoms with van der Waals surface area (Å²) in [5.74, 6) is -2.66. The molecule has 3 amide bonds. The lowest BCUT2D eigenvalue weighted by Gasteiger charge is -2.25. The van der Waals surface area contributed by atoms with Gasteiger partial charge in [0, 0.05) is 12.3 Å². The van der Waals surface area contributed by atoms with Crippen molar-refractivity contribution in [1.29, 1.82) is 0 Å². The molecule has 0 heterocycles. The molecule has 3 atom stereocenters. The number of hydrogen-bond acceptors (Lipinski definition) is 5.